The van der Waals surface area contributed by atoms with Gasteiger partial charge in [-0.1, -0.05) is 0 Å². The highest BCUT2D eigenvalue weighted by molar-refractivity contribution is 5.75. The summed E-state index contributed by atoms with van der Waals surface area (Å²) in [7, 11) is 0. The molecule has 0 spiro atoms. The molecule has 0 aromatic heterocycles. The highest BCUT2D eigenvalue weighted by Gasteiger charge is 2.05. The fourth-order valence-corrected chi connectivity index (χ4v) is 1.89. The van der Waals surface area contributed by atoms with E-state index in [1.165, 1.54) is 0 Å². The molecule has 0 amide bonds. The minimum atomic E-state index is 0.196. The molecule has 6 nitrogen and oxygen atoms in total. The smallest absolute Gasteiger partial charge is 0.185 e. The topological polar surface area (TPSA) is 91.7 Å². The van der Waals surface area contributed by atoms with E-state index in [9.17, 15) is 0 Å². The molecule has 17 heavy (non-hydrogen) atoms. The van der Waals surface area contributed by atoms with Gasteiger partial charge >= 0.3 is 0 Å². The monoisotopic (exact) mass is 242 g/mol. The van der Waals surface area contributed by atoms with Crippen molar-refractivity contribution < 1.29 is 0 Å². The highest BCUT2D eigenvalue weighted by atomic mass is 15.2. The van der Waals surface area contributed by atoms with E-state index in [4.69, 9.17) is 11.5 Å². The maximum Gasteiger partial charge on any atom is 0.185 e. The van der Waals surface area contributed by atoms with Crippen LogP contribution in [-0.2, 0) is 0 Å². The number of hydrogen-bond donors (Lipinski definition) is 4. The SMILES string of the molecule is NC(N)=NCCCCN1CCNCCNCC1. The van der Waals surface area contributed by atoms with E-state index in [1.54, 1.807) is 0 Å². The first-order valence-electron chi connectivity index (χ1n) is 6.48. The zero-order chi connectivity index (χ0) is 12.3. The molecule has 1 saturated heterocycles. The molecule has 0 aliphatic carbocycles. The summed E-state index contributed by atoms with van der Waals surface area (Å²) in [6.07, 6.45) is 2.20. The van der Waals surface area contributed by atoms with Crippen molar-refractivity contribution in [1.82, 2.24) is 15.5 Å². The summed E-state index contributed by atoms with van der Waals surface area (Å²) in [6.45, 7) is 8.42. The van der Waals surface area contributed by atoms with Crippen LogP contribution in [0.2, 0.25) is 0 Å². The highest BCUT2D eigenvalue weighted by Crippen LogP contribution is 1.96. The molecule has 0 atom stereocenters. The second-order valence-corrected chi connectivity index (χ2v) is 4.36. The normalized spacial score (nSPS) is 19.1. The van der Waals surface area contributed by atoms with Crippen molar-refractivity contribution in [3.05, 3.63) is 0 Å². The summed E-state index contributed by atoms with van der Waals surface area (Å²) in [5, 5.41) is 6.83. The molecular formula is C11H26N6. The van der Waals surface area contributed by atoms with Gasteiger partial charge in [-0.25, -0.2) is 0 Å². The van der Waals surface area contributed by atoms with Gasteiger partial charge in [0.2, 0.25) is 0 Å². The van der Waals surface area contributed by atoms with Crippen molar-refractivity contribution in [2.24, 2.45) is 16.5 Å². The van der Waals surface area contributed by atoms with Crippen LogP contribution >= 0.6 is 0 Å². The molecule has 1 aliphatic rings. The Morgan fingerprint density at radius 2 is 1.65 bits per heavy atom. The lowest BCUT2D eigenvalue weighted by Crippen LogP contribution is -2.34. The van der Waals surface area contributed by atoms with Crippen molar-refractivity contribution in [2.75, 3.05) is 52.4 Å². The van der Waals surface area contributed by atoms with Crippen molar-refractivity contribution >= 4 is 5.96 Å². The molecule has 1 rings (SSSR count). The first-order valence-corrected chi connectivity index (χ1v) is 6.48. The Bertz CT molecular complexity index is 204. The van der Waals surface area contributed by atoms with Crippen LogP contribution < -0.4 is 22.1 Å². The van der Waals surface area contributed by atoms with Gasteiger partial charge in [0.25, 0.3) is 0 Å². The molecule has 0 aromatic rings. The zero-order valence-corrected chi connectivity index (χ0v) is 10.6. The van der Waals surface area contributed by atoms with Gasteiger partial charge in [-0.2, -0.15) is 0 Å². The zero-order valence-electron chi connectivity index (χ0n) is 10.6. The second-order valence-electron chi connectivity index (χ2n) is 4.36. The first kappa shape index (κ1) is 14.2. The first-order chi connectivity index (χ1) is 8.29. The van der Waals surface area contributed by atoms with Crippen LogP contribution in [0.15, 0.2) is 4.99 Å². The van der Waals surface area contributed by atoms with Crippen LogP contribution in [0.1, 0.15) is 12.8 Å². The fourth-order valence-electron chi connectivity index (χ4n) is 1.89. The van der Waals surface area contributed by atoms with Crippen molar-refractivity contribution in [1.29, 1.82) is 0 Å². The van der Waals surface area contributed by atoms with Crippen LogP contribution in [0.3, 0.4) is 0 Å². The third kappa shape index (κ3) is 7.95. The molecule has 0 radical (unpaired) electrons. The van der Waals surface area contributed by atoms with Crippen LogP contribution in [0.5, 0.6) is 0 Å². The van der Waals surface area contributed by atoms with Gasteiger partial charge in [-0.05, 0) is 19.4 Å². The van der Waals surface area contributed by atoms with E-state index in [0.29, 0.717) is 0 Å². The fraction of sp³-hybridized carbons (Fsp3) is 0.909. The number of nitrogens with two attached hydrogens (primary N) is 2. The van der Waals surface area contributed by atoms with Gasteiger partial charge in [0.1, 0.15) is 0 Å². The van der Waals surface area contributed by atoms with E-state index in [2.05, 4.69) is 20.5 Å². The lowest BCUT2D eigenvalue weighted by Gasteiger charge is -2.21. The van der Waals surface area contributed by atoms with E-state index >= 15 is 0 Å². The minimum Gasteiger partial charge on any atom is -0.370 e. The molecule has 6 N–H and O–H groups in total. The summed E-state index contributed by atoms with van der Waals surface area (Å²) >= 11 is 0. The van der Waals surface area contributed by atoms with E-state index in [-0.39, 0.29) is 5.96 Å². The standard InChI is InChI=1S/C11H26N6/c12-11(13)16-3-1-2-8-17-9-6-14-4-5-15-7-10-17/h14-15H,1-10H2,(H4,12,13,16). The Hall–Kier alpha value is -0.850. The number of hydrogen-bond acceptors (Lipinski definition) is 4. The predicted octanol–water partition coefficient (Wildman–Crippen LogP) is -1.47. The van der Waals surface area contributed by atoms with Gasteiger partial charge in [0.15, 0.2) is 5.96 Å². The van der Waals surface area contributed by atoms with E-state index in [1.807, 2.05) is 0 Å². The molecule has 1 heterocycles. The van der Waals surface area contributed by atoms with E-state index < -0.39 is 0 Å². The molecule has 1 aliphatic heterocycles. The predicted molar refractivity (Wildman–Crippen MR) is 72.1 cm³/mol. The van der Waals surface area contributed by atoms with Crippen molar-refractivity contribution in [3.8, 4) is 0 Å². The Labute approximate surface area is 104 Å². The molecule has 6 heteroatoms. The Kier molecular flexibility index (Phi) is 7.70. The maximum atomic E-state index is 5.27. The summed E-state index contributed by atoms with van der Waals surface area (Å²) in [5.41, 5.74) is 10.5. The lowest BCUT2D eigenvalue weighted by molar-refractivity contribution is 0.275. The van der Waals surface area contributed by atoms with E-state index in [0.717, 1.165) is 65.2 Å². The largest absolute Gasteiger partial charge is 0.370 e. The quantitative estimate of drug-likeness (QED) is 0.268. The lowest BCUT2D eigenvalue weighted by atomic mass is 10.3. The average molecular weight is 242 g/mol. The van der Waals surface area contributed by atoms with Crippen LogP contribution in [-0.4, -0.2) is 63.2 Å². The maximum absolute atomic E-state index is 5.27. The third-order valence-corrected chi connectivity index (χ3v) is 2.87. The number of aliphatic imine (C=N–C) groups is 1. The Morgan fingerprint density at radius 1 is 1.00 bits per heavy atom. The minimum absolute atomic E-state index is 0.196. The number of unbranched alkanes of at least 4 members (excludes halogenated alkanes) is 1. The van der Waals surface area contributed by atoms with Crippen LogP contribution in [0.4, 0.5) is 0 Å². The molecule has 1 fully saturated rings. The summed E-state index contributed by atoms with van der Waals surface area (Å²) in [5.74, 6) is 0.196. The molecule has 0 unspecified atom stereocenters. The average Bonchev–Trinajstić information content (AvgIpc) is 2.42. The Morgan fingerprint density at radius 3 is 2.24 bits per heavy atom. The Balaban J connectivity index is 2.08. The number of nitrogens with zero attached hydrogens (tertiary/aromatic N) is 2. The molecular weight excluding hydrogens is 216 g/mol. The van der Waals surface area contributed by atoms with Crippen LogP contribution in [0, 0.1) is 0 Å². The van der Waals surface area contributed by atoms with Gasteiger partial charge in [-0.15, -0.1) is 0 Å². The number of nitrogens with one attached hydrogen (secondary N) is 2. The summed E-state index contributed by atoms with van der Waals surface area (Å²) in [6, 6.07) is 0. The molecule has 0 saturated carbocycles. The van der Waals surface area contributed by atoms with Gasteiger partial charge in [0.05, 0.1) is 0 Å². The summed E-state index contributed by atoms with van der Waals surface area (Å²) in [4.78, 5) is 6.47. The summed E-state index contributed by atoms with van der Waals surface area (Å²) < 4.78 is 0. The second kappa shape index (κ2) is 9.21. The van der Waals surface area contributed by atoms with Gasteiger partial charge < -0.3 is 27.0 Å². The van der Waals surface area contributed by atoms with Gasteiger partial charge in [0, 0.05) is 45.8 Å². The number of guanidine groups is 1. The molecule has 0 aromatic carbocycles. The van der Waals surface area contributed by atoms with Gasteiger partial charge in [-0.3, -0.25) is 4.99 Å². The third-order valence-electron chi connectivity index (χ3n) is 2.87. The molecule has 0 bridgehead atoms. The van der Waals surface area contributed by atoms with Crippen molar-refractivity contribution in [2.45, 2.75) is 12.8 Å². The van der Waals surface area contributed by atoms with Crippen LogP contribution in [0.25, 0.3) is 0 Å². The van der Waals surface area contributed by atoms with Crippen molar-refractivity contribution in [3.63, 3.8) is 0 Å². The molecule has 100 valence electrons. The number of rotatable bonds is 5.